The van der Waals surface area contributed by atoms with Gasteiger partial charge < -0.3 is 10.4 Å². The molecular weight excluding hydrogens is 201 g/mol. The number of nitrogens with one attached hydrogen (secondary N) is 1. The van der Waals surface area contributed by atoms with Gasteiger partial charge in [-0.05, 0) is 0 Å². The summed E-state index contributed by atoms with van der Waals surface area (Å²) < 4.78 is 37.0. The third kappa shape index (κ3) is 2.28. The first-order chi connectivity index (χ1) is 6.54. The Hall–Kier alpha value is -0.980. The molecule has 82 valence electrons. The number of carbonyl (C=O) groups is 1. The fourth-order valence-electron chi connectivity index (χ4n) is 1.42. The van der Waals surface area contributed by atoms with Crippen molar-refractivity contribution in [2.45, 2.75) is 18.6 Å². The van der Waals surface area contributed by atoms with Gasteiger partial charge >= 0.3 is 6.09 Å². The molecular formula is C7H11F3N2O2. The molecule has 1 fully saturated rings. The van der Waals surface area contributed by atoms with Gasteiger partial charge in [-0.3, -0.25) is 4.90 Å². The number of rotatable bonds is 2. The molecule has 0 spiro atoms. The molecule has 0 aliphatic carbocycles. The maximum atomic E-state index is 12.9. The highest BCUT2D eigenvalue weighted by Crippen LogP contribution is 2.17. The second-order valence-electron chi connectivity index (χ2n) is 3.03. The van der Waals surface area contributed by atoms with Crippen LogP contribution < -0.4 is 5.32 Å². The molecule has 2 N–H and O–H groups in total. The molecule has 0 saturated carbocycles. The number of hydrogen-bond acceptors (Lipinski definition) is 2. The third-order valence-electron chi connectivity index (χ3n) is 2.14. The molecule has 1 rings (SSSR count). The Labute approximate surface area is 78.7 Å². The van der Waals surface area contributed by atoms with E-state index < -0.39 is 24.7 Å². The lowest BCUT2D eigenvalue weighted by molar-refractivity contribution is -0.0107. The summed E-state index contributed by atoms with van der Waals surface area (Å²) in [5.41, 5.74) is 0. The van der Waals surface area contributed by atoms with E-state index in [1.54, 1.807) is 0 Å². The van der Waals surface area contributed by atoms with Gasteiger partial charge in [0.05, 0.1) is 6.04 Å². The van der Waals surface area contributed by atoms with Crippen molar-refractivity contribution in [3.63, 3.8) is 0 Å². The van der Waals surface area contributed by atoms with E-state index in [4.69, 9.17) is 5.11 Å². The summed E-state index contributed by atoms with van der Waals surface area (Å²) >= 11 is 0. The minimum atomic E-state index is -3.15. The minimum absolute atomic E-state index is 0.0349. The van der Waals surface area contributed by atoms with Gasteiger partial charge in [0.1, 0.15) is 0 Å². The molecule has 0 bridgehead atoms. The highest BCUT2D eigenvalue weighted by molar-refractivity contribution is 5.65. The van der Waals surface area contributed by atoms with Gasteiger partial charge in [-0.2, -0.15) is 0 Å². The molecule has 1 aliphatic heterocycles. The van der Waals surface area contributed by atoms with Gasteiger partial charge in [-0.25, -0.2) is 18.0 Å². The molecule has 0 aromatic heterocycles. The van der Waals surface area contributed by atoms with Crippen LogP contribution in [0.25, 0.3) is 0 Å². The standard InChI is InChI=1S/C7H11F3N2O2/c8-5(6(9)10)4-3-11-1-2-12(4)7(13)14/h4-6,11H,1-3H2,(H,13,14). The van der Waals surface area contributed by atoms with Crippen molar-refractivity contribution < 1.29 is 23.1 Å². The van der Waals surface area contributed by atoms with Crippen molar-refractivity contribution in [1.82, 2.24) is 10.2 Å². The van der Waals surface area contributed by atoms with Crippen molar-refractivity contribution in [3.05, 3.63) is 0 Å². The lowest BCUT2D eigenvalue weighted by Gasteiger charge is -2.35. The number of halogens is 3. The van der Waals surface area contributed by atoms with E-state index in [0.29, 0.717) is 11.4 Å². The fraction of sp³-hybridized carbons (Fsp3) is 0.857. The summed E-state index contributed by atoms with van der Waals surface area (Å²) in [7, 11) is 0. The quantitative estimate of drug-likeness (QED) is 0.702. The summed E-state index contributed by atoms with van der Waals surface area (Å²) in [6.07, 6.45) is -6.94. The predicted molar refractivity (Wildman–Crippen MR) is 42.3 cm³/mol. The SMILES string of the molecule is O=C(O)N1CCNCC1C(F)C(F)F. The van der Waals surface area contributed by atoms with E-state index in [2.05, 4.69) is 5.32 Å². The Kier molecular flexibility index (Phi) is 3.56. The van der Waals surface area contributed by atoms with E-state index in [9.17, 15) is 18.0 Å². The Morgan fingerprint density at radius 3 is 2.64 bits per heavy atom. The van der Waals surface area contributed by atoms with Crippen molar-refractivity contribution in [1.29, 1.82) is 0 Å². The number of piperazine rings is 1. The Morgan fingerprint density at radius 1 is 1.50 bits per heavy atom. The van der Waals surface area contributed by atoms with Crippen LogP contribution in [0.4, 0.5) is 18.0 Å². The third-order valence-corrected chi connectivity index (χ3v) is 2.14. The molecule has 7 heteroatoms. The zero-order chi connectivity index (χ0) is 10.7. The average molecular weight is 212 g/mol. The Bertz CT molecular complexity index is 215. The molecule has 4 nitrogen and oxygen atoms in total. The number of nitrogens with zero attached hydrogens (tertiary/aromatic N) is 1. The van der Waals surface area contributed by atoms with Crippen LogP contribution in [0.15, 0.2) is 0 Å². The summed E-state index contributed by atoms with van der Waals surface area (Å²) in [6, 6.07) is -1.29. The van der Waals surface area contributed by atoms with Crippen LogP contribution in [0.3, 0.4) is 0 Å². The predicted octanol–water partition coefficient (Wildman–Crippen LogP) is 0.541. The molecule has 2 atom stereocenters. The van der Waals surface area contributed by atoms with Crippen LogP contribution in [0, 0.1) is 0 Å². The van der Waals surface area contributed by atoms with Crippen molar-refractivity contribution in [3.8, 4) is 0 Å². The van der Waals surface area contributed by atoms with Crippen LogP contribution >= 0.6 is 0 Å². The summed E-state index contributed by atoms with van der Waals surface area (Å²) in [4.78, 5) is 11.3. The van der Waals surface area contributed by atoms with Gasteiger partial charge in [0.2, 0.25) is 0 Å². The lowest BCUT2D eigenvalue weighted by atomic mass is 10.1. The number of carboxylic acid groups (broad SMARTS) is 1. The molecule has 1 amide bonds. The molecule has 14 heavy (non-hydrogen) atoms. The van der Waals surface area contributed by atoms with Gasteiger partial charge in [-0.15, -0.1) is 0 Å². The van der Waals surface area contributed by atoms with E-state index in [0.717, 1.165) is 0 Å². The summed E-state index contributed by atoms with van der Waals surface area (Å²) in [5, 5.41) is 11.3. The average Bonchev–Trinajstić information content (AvgIpc) is 2.16. The molecule has 2 unspecified atom stereocenters. The van der Waals surface area contributed by atoms with Crippen molar-refractivity contribution in [2.75, 3.05) is 19.6 Å². The van der Waals surface area contributed by atoms with E-state index in [-0.39, 0.29) is 13.1 Å². The minimum Gasteiger partial charge on any atom is -0.465 e. The fourth-order valence-corrected chi connectivity index (χ4v) is 1.42. The van der Waals surface area contributed by atoms with Gasteiger partial charge in [-0.1, -0.05) is 0 Å². The highest BCUT2D eigenvalue weighted by Gasteiger charge is 2.37. The van der Waals surface area contributed by atoms with Crippen molar-refractivity contribution in [2.24, 2.45) is 0 Å². The number of amides is 1. The van der Waals surface area contributed by atoms with Crippen LogP contribution in [0.5, 0.6) is 0 Å². The molecule has 1 heterocycles. The summed E-state index contributed by atoms with van der Waals surface area (Å²) in [6.45, 7) is 0.323. The number of hydrogen-bond donors (Lipinski definition) is 2. The Morgan fingerprint density at radius 2 is 2.14 bits per heavy atom. The molecule has 1 aliphatic rings. The van der Waals surface area contributed by atoms with E-state index in [1.807, 2.05) is 0 Å². The smallest absolute Gasteiger partial charge is 0.407 e. The first kappa shape index (κ1) is 11.1. The monoisotopic (exact) mass is 212 g/mol. The van der Waals surface area contributed by atoms with Crippen molar-refractivity contribution >= 4 is 6.09 Å². The van der Waals surface area contributed by atoms with Gasteiger partial charge in [0, 0.05) is 19.6 Å². The molecule has 1 saturated heterocycles. The topological polar surface area (TPSA) is 52.6 Å². The second kappa shape index (κ2) is 4.50. The largest absolute Gasteiger partial charge is 0.465 e. The van der Waals surface area contributed by atoms with Crippen LogP contribution in [0.1, 0.15) is 0 Å². The zero-order valence-electron chi connectivity index (χ0n) is 7.29. The Balaban J connectivity index is 2.67. The molecule has 0 radical (unpaired) electrons. The molecule has 0 aromatic rings. The van der Waals surface area contributed by atoms with Crippen LogP contribution in [-0.2, 0) is 0 Å². The first-order valence-corrected chi connectivity index (χ1v) is 4.16. The maximum absolute atomic E-state index is 12.9. The van der Waals surface area contributed by atoms with Crippen LogP contribution in [-0.4, -0.2) is 54.4 Å². The first-order valence-electron chi connectivity index (χ1n) is 4.16. The van der Waals surface area contributed by atoms with Crippen LogP contribution in [0.2, 0.25) is 0 Å². The highest BCUT2D eigenvalue weighted by atomic mass is 19.3. The molecule has 0 aromatic carbocycles. The lowest BCUT2D eigenvalue weighted by Crippen LogP contribution is -2.58. The van der Waals surface area contributed by atoms with Gasteiger partial charge in [0.25, 0.3) is 6.43 Å². The normalized spacial score (nSPS) is 25.1. The number of alkyl halides is 3. The second-order valence-corrected chi connectivity index (χ2v) is 3.03. The van der Waals surface area contributed by atoms with E-state index >= 15 is 0 Å². The zero-order valence-corrected chi connectivity index (χ0v) is 7.29. The van der Waals surface area contributed by atoms with Gasteiger partial charge in [0.15, 0.2) is 6.17 Å². The summed E-state index contributed by atoms with van der Waals surface area (Å²) in [5.74, 6) is 0. The maximum Gasteiger partial charge on any atom is 0.407 e. The van der Waals surface area contributed by atoms with E-state index in [1.165, 1.54) is 0 Å².